The normalized spacial score (nSPS) is 14.5. The van der Waals surface area contributed by atoms with E-state index in [9.17, 15) is 0 Å². The van der Waals surface area contributed by atoms with Crippen molar-refractivity contribution in [3.05, 3.63) is 57.2 Å². The predicted molar refractivity (Wildman–Crippen MR) is 75.6 cm³/mol. The van der Waals surface area contributed by atoms with Crippen LogP contribution < -0.4 is 5.73 Å². The van der Waals surface area contributed by atoms with E-state index in [0.29, 0.717) is 0 Å². The van der Waals surface area contributed by atoms with Crippen LogP contribution in [-0.4, -0.2) is 0 Å². The van der Waals surface area contributed by atoms with Gasteiger partial charge in [-0.1, -0.05) is 29.8 Å². The highest BCUT2D eigenvalue weighted by atomic mass is 35.5. The van der Waals surface area contributed by atoms with Gasteiger partial charge in [0, 0.05) is 15.4 Å². The third-order valence-electron chi connectivity index (χ3n) is 2.95. The van der Waals surface area contributed by atoms with E-state index in [1.807, 2.05) is 24.3 Å². The Morgan fingerprint density at radius 1 is 1.29 bits per heavy atom. The molecule has 0 bridgehead atoms. The van der Waals surface area contributed by atoms with E-state index in [1.54, 1.807) is 11.3 Å². The molecule has 1 heterocycles. The van der Waals surface area contributed by atoms with Gasteiger partial charge in [-0.3, -0.25) is 0 Å². The Balaban J connectivity index is 2.08. The van der Waals surface area contributed by atoms with Crippen molar-refractivity contribution in [1.82, 2.24) is 0 Å². The van der Waals surface area contributed by atoms with Gasteiger partial charge < -0.3 is 5.73 Å². The fourth-order valence-electron chi connectivity index (χ4n) is 1.83. The number of hydrogen-bond donors (Lipinski definition) is 1. The summed E-state index contributed by atoms with van der Waals surface area (Å²) < 4.78 is 0. The zero-order valence-electron chi connectivity index (χ0n) is 9.82. The van der Waals surface area contributed by atoms with Crippen molar-refractivity contribution in [2.75, 3.05) is 0 Å². The van der Waals surface area contributed by atoms with Gasteiger partial charge in [0.1, 0.15) is 0 Å². The minimum absolute atomic E-state index is 0.325. The summed E-state index contributed by atoms with van der Waals surface area (Å²) in [6.07, 6.45) is 1.94. The van der Waals surface area contributed by atoms with Gasteiger partial charge in [0.15, 0.2) is 0 Å². The summed E-state index contributed by atoms with van der Waals surface area (Å²) in [5.41, 5.74) is 7.14. The first kappa shape index (κ1) is 12.6. The molecule has 0 aliphatic rings. The predicted octanol–water partition coefficient (Wildman–Crippen LogP) is 4.21. The molecular weight excluding hydrogens is 250 g/mol. The molecule has 0 aliphatic heterocycles. The monoisotopic (exact) mass is 265 g/mol. The molecule has 0 fully saturated rings. The molecule has 2 N–H and O–H groups in total. The van der Waals surface area contributed by atoms with E-state index in [-0.39, 0.29) is 5.54 Å². The number of halogens is 1. The Kier molecular flexibility index (Phi) is 3.87. The van der Waals surface area contributed by atoms with E-state index >= 15 is 0 Å². The van der Waals surface area contributed by atoms with Crippen molar-refractivity contribution in [3.8, 4) is 0 Å². The van der Waals surface area contributed by atoms with Crippen LogP contribution >= 0.6 is 22.9 Å². The number of thiophene rings is 1. The van der Waals surface area contributed by atoms with Crippen molar-refractivity contribution >= 4 is 22.9 Å². The Labute approximate surface area is 111 Å². The van der Waals surface area contributed by atoms with Gasteiger partial charge >= 0.3 is 0 Å². The molecule has 1 aromatic carbocycles. The van der Waals surface area contributed by atoms with E-state index in [4.69, 9.17) is 17.3 Å². The third-order valence-corrected chi connectivity index (χ3v) is 4.13. The van der Waals surface area contributed by atoms with Crippen molar-refractivity contribution in [1.29, 1.82) is 0 Å². The number of rotatable bonds is 4. The van der Waals surface area contributed by atoms with Gasteiger partial charge in [-0.25, -0.2) is 0 Å². The van der Waals surface area contributed by atoms with Crippen LogP contribution in [0.3, 0.4) is 0 Å². The fraction of sp³-hybridized carbons (Fsp3) is 0.286. The summed E-state index contributed by atoms with van der Waals surface area (Å²) >= 11 is 7.78. The molecule has 1 aromatic heterocycles. The van der Waals surface area contributed by atoms with Gasteiger partial charge in [-0.15, -0.1) is 11.3 Å². The zero-order valence-corrected chi connectivity index (χ0v) is 11.4. The molecule has 1 atom stereocenters. The molecule has 0 aliphatic carbocycles. The van der Waals surface area contributed by atoms with Gasteiger partial charge in [0.2, 0.25) is 0 Å². The second kappa shape index (κ2) is 5.21. The highest BCUT2D eigenvalue weighted by Gasteiger charge is 2.21. The summed E-state index contributed by atoms with van der Waals surface area (Å²) in [5.74, 6) is 0. The minimum Gasteiger partial charge on any atom is -0.322 e. The summed E-state index contributed by atoms with van der Waals surface area (Å²) in [7, 11) is 0. The standard InChI is InChI=1S/C14H16ClNS/c1-14(16,8-7-13-6-3-9-17-13)11-4-2-5-12(15)10-11/h2-6,9-10H,7-8,16H2,1H3. The average molecular weight is 266 g/mol. The van der Waals surface area contributed by atoms with Crippen molar-refractivity contribution in [2.45, 2.75) is 25.3 Å². The molecule has 3 heteroatoms. The largest absolute Gasteiger partial charge is 0.322 e. The second-order valence-corrected chi connectivity index (χ2v) is 5.98. The molecule has 1 unspecified atom stereocenters. The van der Waals surface area contributed by atoms with Crippen LogP contribution in [0, 0.1) is 0 Å². The molecule has 0 saturated heterocycles. The van der Waals surface area contributed by atoms with Gasteiger partial charge in [0.25, 0.3) is 0 Å². The van der Waals surface area contributed by atoms with Crippen LogP contribution in [0.15, 0.2) is 41.8 Å². The topological polar surface area (TPSA) is 26.0 Å². The van der Waals surface area contributed by atoms with Gasteiger partial charge in [0.05, 0.1) is 0 Å². The van der Waals surface area contributed by atoms with Crippen LogP contribution in [0.5, 0.6) is 0 Å². The maximum Gasteiger partial charge on any atom is 0.0409 e. The van der Waals surface area contributed by atoms with Crippen molar-refractivity contribution in [2.24, 2.45) is 5.73 Å². The highest BCUT2D eigenvalue weighted by molar-refractivity contribution is 7.09. The van der Waals surface area contributed by atoms with E-state index < -0.39 is 0 Å². The summed E-state index contributed by atoms with van der Waals surface area (Å²) in [4.78, 5) is 1.38. The Bertz CT molecular complexity index is 477. The zero-order chi connectivity index (χ0) is 12.3. The van der Waals surface area contributed by atoms with Crippen LogP contribution in [0.4, 0.5) is 0 Å². The lowest BCUT2D eigenvalue weighted by Gasteiger charge is -2.25. The van der Waals surface area contributed by atoms with Crippen LogP contribution in [0.25, 0.3) is 0 Å². The first-order chi connectivity index (χ1) is 8.08. The molecule has 2 aromatic rings. The third kappa shape index (κ3) is 3.32. The van der Waals surface area contributed by atoms with Crippen LogP contribution in [0.2, 0.25) is 5.02 Å². The van der Waals surface area contributed by atoms with Gasteiger partial charge in [-0.2, -0.15) is 0 Å². The lowest BCUT2D eigenvalue weighted by Crippen LogP contribution is -2.33. The quantitative estimate of drug-likeness (QED) is 0.881. The molecule has 0 amide bonds. The summed E-state index contributed by atoms with van der Waals surface area (Å²) in [6, 6.07) is 12.1. The summed E-state index contributed by atoms with van der Waals surface area (Å²) in [6.45, 7) is 2.06. The molecule has 2 rings (SSSR count). The molecule has 17 heavy (non-hydrogen) atoms. The SMILES string of the molecule is CC(N)(CCc1cccs1)c1cccc(Cl)c1. The molecule has 0 spiro atoms. The maximum atomic E-state index is 6.37. The lowest BCUT2D eigenvalue weighted by atomic mass is 9.88. The minimum atomic E-state index is -0.325. The van der Waals surface area contributed by atoms with Gasteiger partial charge in [-0.05, 0) is 48.9 Å². The van der Waals surface area contributed by atoms with E-state index in [2.05, 4.69) is 24.4 Å². The molecule has 1 nitrogen and oxygen atoms in total. The smallest absolute Gasteiger partial charge is 0.0409 e. The fourth-order valence-corrected chi connectivity index (χ4v) is 2.73. The Morgan fingerprint density at radius 2 is 2.12 bits per heavy atom. The number of benzene rings is 1. The van der Waals surface area contributed by atoms with Crippen molar-refractivity contribution in [3.63, 3.8) is 0 Å². The van der Waals surface area contributed by atoms with Crippen LogP contribution in [-0.2, 0) is 12.0 Å². The lowest BCUT2D eigenvalue weighted by molar-refractivity contribution is 0.454. The van der Waals surface area contributed by atoms with Crippen molar-refractivity contribution < 1.29 is 0 Å². The van der Waals surface area contributed by atoms with E-state index in [0.717, 1.165) is 23.4 Å². The summed E-state index contributed by atoms with van der Waals surface area (Å²) in [5, 5.41) is 2.85. The Morgan fingerprint density at radius 3 is 2.76 bits per heavy atom. The van der Waals surface area contributed by atoms with Crippen LogP contribution in [0.1, 0.15) is 23.8 Å². The Hall–Kier alpha value is -0.830. The molecule has 90 valence electrons. The van der Waals surface area contributed by atoms with E-state index in [1.165, 1.54) is 4.88 Å². The maximum absolute atomic E-state index is 6.37. The molecule has 0 saturated carbocycles. The number of hydrogen-bond acceptors (Lipinski definition) is 2. The first-order valence-electron chi connectivity index (χ1n) is 5.65. The first-order valence-corrected chi connectivity index (χ1v) is 6.91. The number of aryl methyl sites for hydroxylation is 1. The molecular formula is C14H16ClNS. The number of nitrogens with two attached hydrogens (primary N) is 1. The average Bonchev–Trinajstić information content (AvgIpc) is 2.79. The highest BCUT2D eigenvalue weighted by Crippen LogP contribution is 2.26. The second-order valence-electron chi connectivity index (χ2n) is 4.51. The molecule has 0 radical (unpaired) electrons.